The van der Waals surface area contributed by atoms with Crippen LogP contribution in [-0.2, 0) is 24.7 Å². The van der Waals surface area contributed by atoms with Gasteiger partial charge in [0.25, 0.3) is 0 Å². The summed E-state index contributed by atoms with van der Waals surface area (Å²) in [6.07, 6.45) is 0. The summed E-state index contributed by atoms with van der Waals surface area (Å²) in [4.78, 5) is 0. The van der Waals surface area contributed by atoms with Crippen LogP contribution in [0.2, 0.25) is 137 Å². The molecule has 0 radical (unpaired) electrons. The molecule has 6 nitrogen and oxygen atoms in total. The molecule has 270 valence electrons. The summed E-state index contributed by atoms with van der Waals surface area (Å²) in [6, 6.07) is 0. The second-order valence-corrected chi connectivity index (χ2v) is 47.0. The first-order valence-corrected chi connectivity index (χ1v) is 40.5. The molecule has 42 heavy (non-hydrogen) atoms. The van der Waals surface area contributed by atoms with Crippen LogP contribution >= 0.6 is 0 Å². The molecule has 0 spiro atoms. The van der Waals surface area contributed by atoms with Crippen LogP contribution in [0.3, 0.4) is 0 Å². The molecular formula is C27H90O6Si9. The van der Waals surface area contributed by atoms with Gasteiger partial charge in [-0.05, 0) is 137 Å². The lowest BCUT2D eigenvalue weighted by Gasteiger charge is -2.35. The van der Waals surface area contributed by atoms with Crippen molar-refractivity contribution in [2.24, 2.45) is 0 Å². The molecule has 0 atom stereocenters. The zero-order valence-corrected chi connectivity index (χ0v) is 37.6. The monoisotopic (exact) mass is 762 g/mol. The number of rotatable bonds is 12. The summed E-state index contributed by atoms with van der Waals surface area (Å²) in [5.41, 5.74) is 0. The first kappa shape index (κ1) is 66.2. The molecule has 0 unspecified atom stereocenters. The van der Waals surface area contributed by atoms with Crippen molar-refractivity contribution >= 4 is 77.8 Å². The number of hydrogen-bond acceptors (Lipinski definition) is 6. The maximum absolute atomic E-state index is 6.09. The SMILES string of the molecule is C.C.C.C.C.C.C[SiH](C)O[Si](C)(C)O[SiH](C)C.C[SiH](C)O[Si](C)(C)O[Si](C)(C)C.C[Si](C)(C)O[Si](C)(C)O[Si](C)(C)C. The summed E-state index contributed by atoms with van der Waals surface area (Å²) in [5, 5.41) is 0. The van der Waals surface area contributed by atoms with E-state index in [4.69, 9.17) is 24.7 Å². The highest BCUT2D eigenvalue weighted by Crippen LogP contribution is 2.20. The van der Waals surface area contributed by atoms with Crippen LogP contribution in [0.4, 0.5) is 0 Å². The lowest BCUT2D eigenvalue weighted by molar-refractivity contribution is 0.395. The van der Waals surface area contributed by atoms with Crippen molar-refractivity contribution in [2.45, 2.75) is 182 Å². The van der Waals surface area contributed by atoms with Gasteiger partial charge in [0.1, 0.15) is 0 Å². The third-order valence-electron chi connectivity index (χ3n) is 3.21. The van der Waals surface area contributed by atoms with E-state index in [9.17, 15) is 0 Å². The van der Waals surface area contributed by atoms with E-state index in [2.05, 4.69) is 137 Å². The minimum Gasteiger partial charge on any atom is -0.440 e. The van der Waals surface area contributed by atoms with Gasteiger partial charge in [-0.1, -0.05) is 44.6 Å². The van der Waals surface area contributed by atoms with Crippen LogP contribution in [-0.4, -0.2) is 77.8 Å². The Bertz CT molecular complexity index is 556. The summed E-state index contributed by atoms with van der Waals surface area (Å²) >= 11 is 0. The molecule has 0 aliphatic rings. The lowest BCUT2D eigenvalue weighted by Crippen LogP contribution is -2.50. The third kappa shape index (κ3) is 57.4. The smallest absolute Gasteiger partial charge is 0.311 e. The van der Waals surface area contributed by atoms with Crippen molar-refractivity contribution in [2.75, 3.05) is 0 Å². The minimum absolute atomic E-state index is 0. The lowest BCUT2D eigenvalue weighted by atomic mass is 11.8. The Morgan fingerprint density at radius 1 is 0.286 bits per heavy atom. The predicted molar refractivity (Wildman–Crippen MR) is 226 cm³/mol. The molecule has 0 aliphatic heterocycles. The van der Waals surface area contributed by atoms with Gasteiger partial charge in [-0.3, -0.25) is 0 Å². The largest absolute Gasteiger partial charge is 0.440 e. The van der Waals surface area contributed by atoms with Crippen molar-refractivity contribution in [1.29, 1.82) is 0 Å². The van der Waals surface area contributed by atoms with Crippen molar-refractivity contribution in [3.05, 3.63) is 0 Å². The summed E-state index contributed by atoms with van der Waals surface area (Å²) in [5.74, 6) is 0. The van der Waals surface area contributed by atoms with Crippen LogP contribution in [0.25, 0.3) is 0 Å². The van der Waals surface area contributed by atoms with E-state index in [1.807, 2.05) is 0 Å². The molecule has 15 heteroatoms. The second-order valence-electron chi connectivity index (χ2n) is 14.3. The Morgan fingerprint density at radius 2 is 0.452 bits per heavy atom. The Balaban J connectivity index is -0.0000000520. The van der Waals surface area contributed by atoms with Gasteiger partial charge in [0, 0.05) is 0 Å². The Kier molecular flexibility index (Phi) is 42.1. The average molecular weight is 764 g/mol. The molecule has 0 aromatic carbocycles. The summed E-state index contributed by atoms with van der Waals surface area (Å²) < 4.78 is 35.8. The zero-order chi connectivity index (χ0) is 30.0. The van der Waals surface area contributed by atoms with Crippen molar-refractivity contribution < 1.29 is 24.7 Å². The molecule has 0 heterocycles. The highest BCUT2D eigenvalue weighted by Gasteiger charge is 2.35. The molecule has 0 fully saturated rings. The molecule has 0 bridgehead atoms. The molecule has 0 aromatic heterocycles. The van der Waals surface area contributed by atoms with E-state index in [-0.39, 0.29) is 44.6 Å². The highest BCUT2D eigenvalue weighted by molar-refractivity contribution is 6.87. The fourth-order valence-electron chi connectivity index (χ4n) is 3.99. The second kappa shape index (κ2) is 26.7. The van der Waals surface area contributed by atoms with Gasteiger partial charge >= 0.3 is 25.7 Å². The van der Waals surface area contributed by atoms with Gasteiger partial charge in [-0.2, -0.15) is 0 Å². The molecule has 0 amide bonds. The van der Waals surface area contributed by atoms with Gasteiger partial charge in [0.2, 0.25) is 0 Å². The normalized spacial score (nSPS) is 12.0. The number of hydrogen-bond donors (Lipinski definition) is 0. The van der Waals surface area contributed by atoms with Crippen molar-refractivity contribution in [3.63, 3.8) is 0 Å². The maximum atomic E-state index is 6.09. The molecule has 0 aromatic rings. The molecule has 0 rings (SSSR count). The topological polar surface area (TPSA) is 55.4 Å². The van der Waals surface area contributed by atoms with Gasteiger partial charge in [0.05, 0.1) is 0 Å². The van der Waals surface area contributed by atoms with Crippen LogP contribution in [0.1, 0.15) is 44.6 Å². The van der Waals surface area contributed by atoms with Crippen LogP contribution in [0.15, 0.2) is 0 Å². The fourth-order valence-corrected chi connectivity index (χ4v) is 37.2. The van der Waals surface area contributed by atoms with Gasteiger partial charge < -0.3 is 24.7 Å². The van der Waals surface area contributed by atoms with E-state index in [0.29, 0.717) is 0 Å². The summed E-state index contributed by atoms with van der Waals surface area (Å²) in [6.45, 7) is 46.0. The Morgan fingerprint density at radius 3 is 0.619 bits per heavy atom. The zero-order valence-electron chi connectivity index (χ0n) is 28.2. The molecule has 0 aliphatic carbocycles. The quantitative estimate of drug-likeness (QED) is 0.185. The molecule has 0 saturated carbocycles. The van der Waals surface area contributed by atoms with Crippen LogP contribution in [0.5, 0.6) is 0 Å². The van der Waals surface area contributed by atoms with E-state index >= 15 is 0 Å². The Hall–Kier alpha value is 1.71. The molecule has 0 saturated heterocycles. The minimum atomic E-state index is -1.85. The average Bonchev–Trinajstić information content (AvgIpc) is 2.33. The van der Waals surface area contributed by atoms with Crippen LogP contribution < -0.4 is 0 Å². The van der Waals surface area contributed by atoms with Crippen molar-refractivity contribution in [1.82, 2.24) is 0 Å². The fraction of sp³-hybridized carbons (Fsp3) is 1.00. The first-order chi connectivity index (χ1) is 15.4. The summed E-state index contributed by atoms with van der Waals surface area (Å²) in [7, 11) is -12.3. The molecular weight excluding hydrogens is 673 g/mol. The van der Waals surface area contributed by atoms with E-state index in [1.54, 1.807) is 0 Å². The van der Waals surface area contributed by atoms with Gasteiger partial charge in [0.15, 0.2) is 52.1 Å². The van der Waals surface area contributed by atoms with E-state index < -0.39 is 77.8 Å². The standard InChI is InChI=1S/C8H24O2Si3.C7H22O2Si3.C6H20O2Si3.6CH4/c1-11(2,3)9-13(7,8)10-12(4,5)6;1-10(2)8-12(6,7)9-11(3,4)5;1-9(2)7-11(5,6)8-10(3)4;;;;;;/h1-8H3;10H,1-7H3;9-10H,1-6H3;6*1H4. The van der Waals surface area contributed by atoms with Crippen molar-refractivity contribution in [3.8, 4) is 0 Å². The first-order valence-electron chi connectivity index (χ1n) is 13.5. The predicted octanol–water partition coefficient (Wildman–Crippen LogP) is 11.4. The van der Waals surface area contributed by atoms with E-state index in [1.165, 1.54) is 0 Å². The molecule has 0 N–H and O–H groups in total. The van der Waals surface area contributed by atoms with Gasteiger partial charge in [-0.25, -0.2) is 0 Å². The van der Waals surface area contributed by atoms with Gasteiger partial charge in [-0.15, -0.1) is 0 Å². The highest BCUT2D eigenvalue weighted by atomic mass is 28.5. The van der Waals surface area contributed by atoms with Crippen LogP contribution in [0, 0.1) is 0 Å². The Labute approximate surface area is 283 Å². The van der Waals surface area contributed by atoms with E-state index in [0.717, 1.165) is 0 Å². The third-order valence-corrected chi connectivity index (χ3v) is 28.9. The maximum Gasteiger partial charge on any atom is 0.311 e.